The van der Waals surface area contributed by atoms with E-state index in [-0.39, 0.29) is 6.04 Å². The molecule has 0 aliphatic heterocycles. The number of halogens is 2. The molecule has 1 N–H and O–H groups in total. The highest BCUT2D eigenvalue weighted by Gasteiger charge is 2.20. The van der Waals surface area contributed by atoms with Crippen LogP contribution in [0.3, 0.4) is 0 Å². The molecule has 3 nitrogen and oxygen atoms in total. The first-order valence-corrected chi connectivity index (χ1v) is 6.97. The number of hydrogen-bond donors (Lipinski definition) is 1. The number of alkyl carbamates (subject to hydrolysis) is 1. The maximum atomic E-state index is 11.8. The first-order chi connectivity index (χ1) is 8.73. The van der Waals surface area contributed by atoms with E-state index in [1.54, 1.807) is 18.2 Å². The number of benzene rings is 1. The molecule has 0 radical (unpaired) electrons. The summed E-state index contributed by atoms with van der Waals surface area (Å²) < 4.78 is 6.02. The van der Waals surface area contributed by atoms with Gasteiger partial charge in [-0.1, -0.05) is 39.7 Å². The largest absolute Gasteiger partial charge is 0.444 e. The second-order valence-electron chi connectivity index (χ2n) is 5.03. The Morgan fingerprint density at radius 1 is 1.53 bits per heavy atom. The van der Waals surface area contributed by atoms with Crippen LogP contribution in [0, 0.1) is 0 Å². The lowest BCUT2D eigenvalue weighted by Gasteiger charge is -2.23. The summed E-state index contributed by atoms with van der Waals surface area (Å²) in [5.74, 6) is 0. The number of rotatable bonds is 3. The minimum atomic E-state index is -0.535. The van der Waals surface area contributed by atoms with Crippen molar-refractivity contribution < 1.29 is 9.53 Å². The van der Waals surface area contributed by atoms with E-state index in [1.807, 2.05) is 26.8 Å². The van der Waals surface area contributed by atoms with Crippen molar-refractivity contribution in [3.05, 3.63) is 45.9 Å². The molecule has 1 aromatic carbocycles. The fourth-order valence-electron chi connectivity index (χ4n) is 1.45. The molecule has 1 aromatic rings. The SMILES string of the molecule is C=CC(NC(=O)OC(C)(C)C)c1ccc(Cl)cc1Br. The van der Waals surface area contributed by atoms with E-state index in [0.717, 1.165) is 10.0 Å². The smallest absolute Gasteiger partial charge is 0.408 e. The lowest BCUT2D eigenvalue weighted by molar-refractivity contribution is 0.0514. The van der Waals surface area contributed by atoms with E-state index >= 15 is 0 Å². The van der Waals surface area contributed by atoms with Gasteiger partial charge in [0.25, 0.3) is 0 Å². The Balaban J connectivity index is 2.84. The molecule has 1 atom stereocenters. The molecule has 0 saturated carbocycles. The van der Waals surface area contributed by atoms with Crippen LogP contribution >= 0.6 is 27.5 Å². The minimum absolute atomic E-state index is 0.346. The molecule has 0 aromatic heterocycles. The highest BCUT2D eigenvalue weighted by Crippen LogP contribution is 2.27. The van der Waals surface area contributed by atoms with Crippen LogP contribution in [-0.4, -0.2) is 11.7 Å². The topological polar surface area (TPSA) is 38.3 Å². The van der Waals surface area contributed by atoms with Gasteiger partial charge in [-0.05, 0) is 38.5 Å². The van der Waals surface area contributed by atoms with Gasteiger partial charge in [0.2, 0.25) is 0 Å². The monoisotopic (exact) mass is 345 g/mol. The van der Waals surface area contributed by atoms with Crippen LogP contribution in [0.5, 0.6) is 0 Å². The van der Waals surface area contributed by atoms with Crippen LogP contribution in [0.4, 0.5) is 4.79 Å². The number of ether oxygens (including phenoxy) is 1. The third-order valence-corrected chi connectivity index (χ3v) is 3.13. The Morgan fingerprint density at radius 2 is 2.16 bits per heavy atom. The maximum absolute atomic E-state index is 11.8. The molecular formula is C14H17BrClNO2. The van der Waals surface area contributed by atoms with Gasteiger partial charge in [-0.25, -0.2) is 4.79 Å². The van der Waals surface area contributed by atoms with Gasteiger partial charge in [-0.2, -0.15) is 0 Å². The Bertz CT molecular complexity index is 483. The normalized spacial score (nSPS) is 12.7. The molecule has 0 bridgehead atoms. The predicted molar refractivity (Wildman–Crippen MR) is 81.5 cm³/mol. The van der Waals surface area contributed by atoms with E-state index in [9.17, 15) is 4.79 Å². The Hall–Kier alpha value is -1.000. The molecule has 1 amide bonds. The summed E-state index contributed by atoms with van der Waals surface area (Å²) in [4.78, 5) is 11.8. The summed E-state index contributed by atoms with van der Waals surface area (Å²) in [6, 6.07) is 5.01. The van der Waals surface area contributed by atoms with Crippen LogP contribution in [0.25, 0.3) is 0 Å². The zero-order chi connectivity index (χ0) is 14.6. The van der Waals surface area contributed by atoms with Crippen molar-refractivity contribution in [2.24, 2.45) is 0 Å². The maximum Gasteiger partial charge on any atom is 0.408 e. The molecule has 0 aliphatic carbocycles. The molecule has 19 heavy (non-hydrogen) atoms. The van der Waals surface area contributed by atoms with Gasteiger partial charge in [0.05, 0.1) is 6.04 Å². The van der Waals surface area contributed by atoms with E-state index in [1.165, 1.54) is 0 Å². The molecule has 1 rings (SSSR count). The summed E-state index contributed by atoms with van der Waals surface area (Å²) in [6.07, 6.45) is 1.15. The summed E-state index contributed by atoms with van der Waals surface area (Å²) >= 11 is 9.31. The predicted octanol–water partition coefficient (Wildman–Crippen LogP) is 4.85. The summed E-state index contributed by atoms with van der Waals surface area (Å²) in [6.45, 7) is 9.17. The first-order valence-electron chi connectivity index (χ1n) is 5.80. The second-order valence-corrected chi connectivity index (χ2v) is 6.32. The van der Waals surface area contributed by atoms with Crippen molar-refractivity contribution in [2.75, 3.05) is 0 Å². The lowest BCUT2D eigenvalue weighted by atomic mass is 10.1. The van der Waals surface area contributed by atoms with Gasteiger partial charge in [0.15, 0.2) is 0 Å². The quantitative estimate of drug-likeness (QED) is 0.794. The molecule has 0 heterocycles. The minimum Gasteiger partial charge on any atom is -0.444 e. The van der Waals surface area contributed by atoms with E-state index in [0.29, 0.717) is 5.02 Å². The van der Waals surface area contributed by atoms with Crippen molar-refractivity contribution in [3.8, 4) is 0 Å². The molecule has 0 aliphatic rings. The van der Waals surface area contributed by atoms with Crippen molar-refractivity contribution in [1.29, 1.82) is 0 Å². The zero-order valence-corrected chi connectivity index (χ0v) is 13.5. The highest BCUT2D eigenvalue weighted by molar-refractivity contribution is 9.10. The highest BCUT2D eigenvalue weighted by atomic mass is 79.9. The molecule has 5 heteroatoms. The van der Waals surface area contributed by atoms with Crippen LogP contribution in [0.2, 0.25) is 5.02 Å². The van der Waals surface area contributed by atoms with Gasteiger partial charge in [-0.15, -0.1) is 6.58 Å². The van der Waals surface area contributed by atoms with Gasteiger partial charge in [0, 0.05) is 9.50 Å². The Kier molecular flexibility index (Phi) is 5.44. The fourth-order valence-corrected chi connectivity index (χ4v) is 2.38. The number of carbonyl (C=O) groups is 1. The van der Waals surface area contributed by atoms with Gasteiger partial charge in [0.1, 0.15) is 5.60 Å². The standard InChI is InChI=1S/C14H17BrClNO2/c1-5-12(17-13(18)19-14(2,3)4)10-7-6-9(16)8-11(10)15/h5-8,12H,1H2,2-4H3,(H,17,18). The van der Waals surface area contributed by atoms with Crippen LogP contribution in [0.1, 0.15) is 32.4 Å². The van der Waals surface area contributed by atoms with Crippen molar-refractivity contribution in [3.63, 3.8) is 0 Å². The van der Waals surface area contributed by atoms with Gasteiger partial charge < -0.3 is 10.1 Å². The third kappa shape index (κ3) is 5.25. The van der Waals surface area contributed by atoms with Crippen molar-refractivity contribution in [1.82, 2.24) is 5.32 Å². The van der Waals surface area contributed by atoms with Crippen LogP contribution < -0.4 is 5.32 Å². The van der Waals surface area contributed by atoms with E-state index in [4.69, 9.17) is 16.3 Å². The van der Waals surface area contributed by atoms with Gasteiger partial charge >= 0.3 is 6.09 Å². The molecule has 0 saturated heterocycles. The summed E-state index contributed by atoms with van der Waals surface area (Å²) in [5, 5.41) is 3.37. The molecule has 0 spiro atoms. The number of hydrogen-bond acceptors (Lipinski definition) is 2. The average Bonchev–Trinajstić information content (AvgIpc) is 2.24. The fraction of sp³-hybridized carbons (Fsp3) is 0.357. The van der Waals surface area contributed by atoms with Crippen LogP contribution in [-0.2, 0) is 4.74 Å². The van der Waals surface area contributed by atoms with Crippen LogP contribution in [0.15, 0.2) is 35.3 Å². The molecule has 104 valence electrons. The average molecular weight is 347 g/mol. The Morgan fingerprint density at radius 3 is 2.63 bits per heavy atom. The third-order valence-electron chi connectivity index (χ3n) is 2.21. The van der Waals surface area contributed by atoms with E-state index in [2.05, 4.69) is 27.8 Å². The molecule has 1 unspecified atom stereocenters. The lowest BCUT2D eigenvalue weighted by Crippen LogP contribution is -2.34. The summed E-state index contributed by atoms with van der Waals surface area (Å²) in [7, 11) is 0. The molecule has 0 fully saturated rings. The van der Waals surface area contributed by atoms with Gasteiger partial charge in [-0.3, -0.25) is 0 Å². The summed E-state index contributed by atoms with van der Waals surface area (Å²) in [5.41, 5.74) is 0.331. The zero-order valence-electron chi connectivity index (χ0n) is 11.2. The Labute approximate surface area is 127 Å². The first kappa shape index (κ1) is 16.1. The number of carbonyl (C=O) groups excluding carboxylic acids is 1. The van der Waals surface area contributed by atoms with Crippen molar-refractivity contribution in [2.45, 2.75) is 32.4 Å². The van der Waals surface area contributed by atoms with Crippen molar-refractivity contribution >= 4 is 33.6 Å². The molecular weight excluding hydrogens is 330 g/mol. The number of nitrogens with one attached hydrogen (secondary N) is 1. The number of amides is 1. The second kappa shape index (κ2) is 6.44. The van der Waals surface area contributed by atoms with E-state index < -0.39 is 11.7 Å².